The summed E-state index contributed by atoms with van der Waals surface area (Å²) < 4.78 is 6.76. The first-order valence-electron chi connectivity index (χ1n) is 9.84. The van der Waals surface area contributed by atoms with Gasteiger partial charge in [-0.05, 0) is 53.1 Å². The van der Waals surface area contributed by atoms with Gasteiger partial charge in [-0.2, -0.15) is 9.78 Å². The van der Waals surface area contributed by atoms with Crippen LogP contribution in [0.2, 0.25) is 0 Å². The van der Waals surface area contributed by atoms with Gasteiger partial charge in [0.1, 0.15) is 11.4 Å². The fourth-order valence-corrected chi connectivity index (χ4v) is 3.63. The second-order valence-electron chi connectivity index (χ2n) is 8.42. The Balaban J connectivity index is 1.63. The average molecular weight is 377 g/mol. The summed E-state index contributed by atoms with van der Waals surface area (Å²) in [6.45, 7) is 9.22. The lowest BCUT2D eigenvalue weighted by atomic mass is 10.1. The highest BCUT2D eigenvalue weighted by atomic mass is 16.6. The molecule has 0 atom stereocenters. The lowest BCUT2D eigenvalue weighted by Gasteiger charge is -2.29. The van der Waals surface area contributed by atoms with E-state index in [-0.39, 0.29) is 12.0 Å². The molecule has 1 saturated heterocycles. The number of nitrogens with two attached hydrogens (primary N) is 1. The number of nitrogen functional groups attached to an aromatic ring is 1. The summed E-state index contributed by atoms with van der Waals surface area (Å²) in [6.07, 6.45) is 4.30. The molecule has 27 heavy (non-hydrogen) atoms. The molecular formula is C19H31N5O3. The first kappa shape index (κ1) is 19.7. The van der Waals surface area contributed by atoms with E-state index in [0.717, 1.165) is 25.2 Å². The number of anilines is 1. The van der Waals surface area contributed by atoms with Gasteiger partial charge in [0.05, 0.1) is 12.2 Å². The zero-order chi connectivity index (χ0) is 19.6. The quantitative estimate of drug-likeness (QED) is 0.868. The van der Waals surface area contributed by atoms with Crippen LogP contribution in [0.25, 0.3) is 0 Å². The third kappa shape index (κ3) is 4.80. The van der Waals surface area contributed by atoms with E-state index in [9.17, 15) is 9.59 Å². The van der Waals surface area contributed by atoms with Crippen molar-refractivity contribution in [3.05, 3.63) is 11.3 Å². The number of rotatable bonds is 3. The molecule has 1 amide bonds. The van der Waals surface area contributed by atoms with Gasteiger partial charge >= 0.3 is 6.09 Å². The van der Waals surface area contributed by atoms with E-state index in [1.165, 1.54) is 23.9 Å². The second-order valence-corrected chi connectivity index (χ2v) is 8.42. The fraction of sp³-hybridized carbons (Fsp3) is 0.737. The molecule has 0 bridgehead atoms. The molecule has 1 aromatic heterocycles. The number of carbonyl (C=O) groups is 2. The predicted octanol–water partition coefficient (Wildman–Crippen LogP) is 2.27. The van der Waals surface area contributed by atoms with Crippen LogP contribution in [0.5, 0.6) is 0 Å². The van der Waals surface area contributed by atoms with Crippen molar-refractivity contribution in [1.82, 2.24) is 19.6 Å². The highest BCUT2D eigenvalue weighted by molar-refractivity contribution is 5.82. The maximum Gasteiger partial charge on any atom is 0.410 e. The number of ether oxygens (including phenoxy) is 1. The third-order valence-corrected chi connectivity index (χ3v) is 5.06. The van der Waals surface area contributed by atoms with E-state index in [2.05, 4.69) is 10.00 Å². The number of aromatic nitrogens is 2. The van der Waals surface area contributed by atoms with E-state index in [1.807, 2.05) is 20.8 Å². The van der Waals surface area contributed by atoms with Crippen molar-refractivity contribution in [3.8, 4) is 0 Å². The number of piperidine rings is 1. The zero-order valence-electron chi connectivity index (χ0n) is 16.7. The number of likely N-dealkylation sites (tertiary alicyclic amines) is 1. The van der Waals surface area contributed by atoms with Gasteiger partial charge in [0.2, 0.25) is 5.91 Å². The van der Waals surface area contributed by atoms with Crippen LogP contribution in [0.4, 0.5) is 10.6 Å². The standard InChI is InChI=1S/C19H31N5O3/c1-19(2,3)27-18(26)23-12-7-14-15(13-23)21-24(17(14)20)16(25)8-11-22-9-5-4-6-10-22/h4-13,20H2,1-3H3. The van der Waals surface area contributed by atoms with Gasteiger partial charge < -0.3 is 20.3 Å². The van der Waals surface area contributed by atoms with E-state index in [1.54, 1.807) is 4.90 Å². The van der Waals surface area contributed by atoms with Crippen LogP contribution in [0, 0.1) is 0 Å². The van der Waals surface area contributed by atoms with E-state index in [4.69, 9.17) is 10.5 Å². The number of carbonyl (C=O) groups excluding carboxylic acids is 2. The minimum absolute atomic E-state index is 0.0868. The minimum atomic E-state index is -0.542. The van der Waals surface area contributed by atoms with Gasteiger partial charge in [0.15, 0.2) is 0 Å². The van der Waals surface area contributed by atoms with Crippen LogP contribution in [0.15, 0.2) is 0 Å². The zero-order valence-corrected chi connectivity index (χ0v) is 16.7. The Labute approximate surface area is 160 Å². The first-order valence-corrected chi connectivity index (χ1v) is 9.84. The summed E-state index contributed by atoms with van der Waals surface area (Å²) in [6, 6.07) is 0. The molecule has 2 aliphatic heterocycles. The van der Waals surface area contributed by atoms with Gasteiger partial charge in [-0.25, -0.2) is 4.79 Å². The predicted molar refractivity (Wildman–Crippen MR) is 103 cm³/mol. The molecule has 0 aromatic carbocycles. The summed E-state index contributed by atoms with van der Waals surface area (Å²) in [5, 5.41) is 4.42. The van der Waals surface area contributed by atoms with Crippen LogP contribution in [0.1, 0.15) is 62.5 Å². The molecule has 1 aromatic rings. The van der Waals surface area contributed by atoms with Gasteiger partial charge in [0.25, 0.3) is 0 Å². The first-order chi connectivity index (χ1) is 12.7. The molecule has 3 rings (SSSR count). The van der Waals surface area contributed by atoms with Crippen molar-refractivity contribution in [2.75, 3.05) is 31.9 Å². The van der Waals surface area contributed by atoms with Crippen molar-refractivity contribution in [1.29, 1.82) is 0 Å². The smallest absolute Gasteiger partial charge is 0.410 e. The average Bonchev–Trinajstić information content (AvgIpc) is 2.95. The van der Waals surface area contributed by atoms with E-state index in [0.29, 0.717) is 37.4 Å². The molecule has 0 radical (unpaired) electrons. The van der Waals surface area contributed by atoms with Crippen LogP contribution in [0.3, 0.4) is 0 Å². The van der Waals surface area contributed by atoms with Crippen LogP contribution in [-0.4, -0.2) is 63.4 Å². The van der Waals surface area contributed by atoms with Crippen LogP contribution in [-0.2, 0) is 17.7 Å². The van der Waals surface area contributed by atoms with Crippen LogP contribution < -0.4 is 5.73 Å². The van der Waals surface area contributed by atoms with Crippen molar-refractivity contribution in [3.63, 3.8) is 0 Å². The Kier molecular flexibility index (Phi) is 5.74. The van der Waals surface area contributed by atoms with Crippen molar-refractivity contribution in [2.45, 2.75) is 65.0 Å². The molecule has 0 unspecified atom stereocenters. The molecule has 0 saturated carbocycles. The normalized spacial score (nSPS) is 18.3. The van der Waals surface area contributed by atoms with E-state index >= 15 is 0 Å². The molecule has 8 nitrogen and oxygen atoms in total. The monoisotopic (exact) mass is 377 g/mol. The van der Waals surface area contributed by atoms with Gasteiger partial charge in [-0.3, -0.25) is 4.79 Å². The number of hydrogen-bond acceptors (Lipinski definition) is 6. The molecule has 0 aliphatic carbocycles. The topological polar surface area (TPSA) is 93.7 Å². The fourth-order valence-electron chi connectivity index (χ4n) is 3.63. The second kappa shape index (κ2) is 7.88. The Morgan fingerprint density at radius 1 is 1.15 bits per heavy atom. The van der Waals surface area contributed by atoms with Gasteiger partial charge in [0, 0.05) is 25.1 Å². The molecule has 3 heterocycles. The SMILES string of the molecule is CC(C)(C)OC(=O)N1CCc2c(nn(C(=O)CCN3CCCCC3)c2N)C1. The summed E-state index contributed by atoms with van der Waals surface area (Å²) in [5.41, 5.74) is 7.21. The molecular weight excluding hydrogens is 346 g/mol. The van der Waals surface area contributed by atoms with Crippen molar-refractivity contribution >= 4 is 17.8 Å². The maximum absolute atomic E-state index is 12.6. The Hall–Kier alpha value is -2.09. The van der Waals surface area contributed by atoms with Crippen molar-refractivity contribution < 1.29 is 14.3 Å². The largest absolute Gasteiger partial charge is 0.444 e. The molecule has 2 N–H and O–H groups in total. The minimum Gasteiger partial charge on any atom is -0.444 e. The lowest BCUT2D eigenvalue weighted by molar-refractivity contribution is 0.0221. The molecule has 150 valence electrons. The molecule has 0 spiro atoms. The van der Waals surface area contributed by atoms with Gasteiger partial charge in [-0.15, -0.1) is 0 Å². The number of amides is 1. The molecule has 1 fully saturated rings. The highest BCUT2D eigenvalue weighted by Gasteiger charge is 2.30. The Morgan fingerprint density at radius 2 is 1.85 bits per heavy atom. The number of hydrogen-bond donors (Lipinski definition) is 1. The number of fused-ring (bicyclic) bond motifs is 1. The Morgan fingerprint density at radius 3 is 2.52 bits per heavy atom. The summed E-state index contributed by atoms with van der Waals surface area (Å²) in [5.74, 6) is 0.328. The van der Waals surface area contributed by atoms with Gasteiger partial charge in [-0.1, -0.05) is 6.42 Å². The summed E-state index contributed by atoms with van der Waals surface area (Å²) >= 11 is 0. The van der Waals surface area contributed by atoms with Crippen molar-refractivity contribution in [2.24, 2.45) is 0 Å². The van der Waals surface area contributed by atoms with E-state index < -0.39 is 5.60 Å². The summed E-state index contributed by atoms with van der Waals surface area (Å²) in [4.78, 5) is 28.8. The Bertz CT molecular complexity index is 701. The number of nitrogens with zero attached hydrogens (tertiary/aromatic N) is 4. The highest BCUT2D eigenvalue weighted by Crippen LogP contribution is 2.25. The third-order valence-electron chi connectivity index (χ3n) is 5.06. The molecule has 2 aliphatic rings. The summed E-state index contributed by atoms with van der Waals surface area (Å²) in [7, 11) is 0. The molecule has 8 heteroatoms. The van der Waals surface area contributed by atoms with Crippen LogP contribution >= 0.6 is 0 Å². The maximum atomic E-state index is 12.6. The lowest BCUT2D eigenvalue weighted by Crippen LogP contribution is -2.39.